The Kier molecular flexibility index (Phi) is 6.43. The Morgan fingerprint density at radius 1 is 1.04 bits per heavy atom. The fourth-order valence-electron chi connectivity index (χ4n) is 2.21. The van der Waals surface area contributed by atoms with Crippen molar-refractivity contribution in [2.45, 2.75) is 17.6 Å². The van der Waals surface area contributed by atoms with E-state index < -0.39 is 23.4 Å². The molecule has 25 heavy (non-hydrogen) atoms. The van der Waals surface area contributed by atoms with Crippen LogP contribution in [0, 0.1) is 6.92 Å². The fraction of sp³-hybridized carbons (Fsp3) is 0.250. The minimum Gasteiger partial charge on any atom is -0.311 e. The van der Waals surface area contributed by atoms with Crippen molar-refractivity contribution in [3.8, 4) is 0 Å². The highest BCUT2D eigenvalue weighted by Crippen LogP contribution is 2.59. The van der Waals surface area contributed by atoms with Gasteiger partial charge in [-0.3, -0.25) is 4.57 Å². The van der Waals surface area contributed by atoms with Gasteiger partial charge >= 0.3 is 7.60 Å². The summed E-state index contributed by atoms with van der Waals surface area (Å²) in [5, 5.41) is 0.244. The second-order valence-corrected chi connectivity index (χ2v) is 9.71. The highest BCUT2D eigenvalue weighted by Gasteiger charge is 2.39. The first-order chi connectivity index (χ1) is 11.7. The molecule has 0 amide bonds. The minimum atomic E-state index is -3.99. The van der Waals surface area contributed by atoms with E-state index in [0.29, 0.717) is 5.56 Å². The van der Waals surface area contributed by atoms with Crippen molar-refractivity contribution < 1.29 is 22.0 Å². The Hall–Kier alpha value is -1.21. The Balaban J connectivity index is 2.52. The summed E-state index contributed by atoms with van der Waals surface area (Å²) in [7, 11) is -5.45. The molecule has 0 saturated heterocycles. The van der Waals surface area contributed by atoms with Crippen molar-refractivity contribution in [3.05, 3.63) is 64.7 Å². The summed E-state index contributed by atoms with van der Waals surface area (Å²) in [5.74, 6) is -1.29. The van der Waals surface area contributed by atoms with E-state index >= 15 is 0 Å². The third-order valence-corrected chi connectivity index (χ3v) is 7.64. The van der Waals surface area contributed by atoms with Gasteiger partial charge < -0.3 is 9.05 Å². The predicted octanol–water partition coefficient (Wildman–Crippen LogP) is 4.11. The van der Waals surface area contributed by atoms with Gasteiger partial charge in [0.05, 0.1) is 4.90 Å². The SMILES string of the molecule is COP(=O)(OC)C(NS(=O)(=O)c1ccc(C)cc1)c1ccccc1Cl. The van der Waals surface area contributed by atoms with Crippen LogP contribution in [0.25, 0.3) is 0 Å². The molecule has 0 aliphatic heterocycles. The first-order valence-electron chi connectivity index (χ1n) is 7.28. The number of hydrogen-bond acceptors (Lipinski definition) is 5. The van der Waals surface area contributed by atoms with Gasteiger partial charge in [0.2, 0.25) is 10.0 Å². The molecule has 2 aromatic rings. The van der Waals surface area contributed by atoms with E-state index in [9.17, 15) is 13.0 Å². The van der Waals surface area contributed by atoms with Crippen molar-refractivity contribution >= 4 is 29.2 Å². The molecular weight excluding hydrogens is 385 g/mol. The molecule has 1 N–H and O–H groups in total. The van der Waals surface area contributed by atoms with E-state index in [4.69, 9.17) is 20.6 Å². The average Bonchev–Trinajstić information content (AvgIpc) is 2.60. The second-order valence-electron chi connectivity index (χ2n) is 5.26. The van der Waals surface area contributed by atoms with E-state index in [1.54, 1.807) is 36.4 Å². The average molecular weight is 404 g/mol. The lowest BCUT2D eigenvalue weighted by Crippen LogP contribution is -2.29. The zero-order valence-corrected chi connectivity index (χ0v) is 16.4. The number of aryl methyl sites for hydroxylation is 1. The molecule has 9 heteroatoms. The lowest BCUT2D eigenvalue weighted by molar-refractivity contribution is 0.263. The molecule has 1 atom stereocenters. The van der Waals surface area contributed by atoms with Gasteiger partial charge in [-0.25, -0.2) is 8.42 Å². The van der Waals surface area contributed by atoms with E-state index in [0.717, 1.165) is 5.56 Å². The molecule has 0 saturated carbocycles. The monoisotopic (exact) mass is 403 g/mol. The van der Waals surface area contributed by atoms with Gasteiger partial charge in [0.25, 0.3) is 0 Å². The Morgan fingerprint density at radius 2 is 1.60 bits per heavy atom. The van der Waals surface area contributed by atoms with Crippen LogP contribution < -0.4 is 4.72 Å². The predicted molar refractivity (Wildman–Crippen MR) is 97.3 cm³/mol. The van der Waals surface area contributed by atoms with Gasteiger partial charge in [-0.15, -0.1) is 0 Å². The van der Waals surface area contributed by atoms with Crippen molar-refractivity contribution in [1.82, 2.24) is 4.72 Å². The van der Waals surface area contributed by atoms with Crippen LogP contribution in [0.4, 0.5) is 0 Å². The highest BCUT2D eigenvalue weighted by atomic mass is 35.5. The molecule has 6 nitrogen and oxygen atoms in total. The molecule has 0 aliphatic rings. The number of benzene rings is 2. The zero-order chi connectivity index (χ0) is 18.7. The summed E-state index contributed by atoms with van der Waals surface area (Å²) >= 11 is 6.17. The molecule has 136 valence electrons. The van der Waals surface area contributed by atoms with Crippen LogP contribution >= 0.6 is 19.2 Å². The summed E-state index contributed by atoms with van der Waals surface area (Å²) in [6, 6.07) is 12.7. The van der Waals surface area contributed by atoms with E-state index in [1.165, 1.54) is 26.4 Å². The van der Waals surface area contributed by atoms with Crippen LogP contribution in [-0.2, 0) is 23.6 Å². The minimum absolute atomic E-state index is 0.0360. The number of rotatable bonds is 7. The van der Waals surface area contributed by atoms with E-state index in [1.807, 2.05) is 6.92 Å². The fourth-order valence-corrected chi connectivity index (χ4v) is 5.65. The maximum Gasteiger partial charge on any atom is 0.352 e. The van der Waals surface area contributed by atoms with Crippen molar-refractivity contribution in [1.29, 1.82) is 0 Å². The van der Waals surface area contributed by atoms with Crippen molar-refractivity contribution in [2.24, 2.45) is 0 Å². The summed E-state index contributed by atoms with van der Waals surface area (Å²) in [5.41, 5.74) is 1.22. The van der Waals surface area contributed by atoms with Crippen LogP contribution in [-0.4, -0.2) is 22.6 Å². The standard InChI is InChI=1S/C16H19ClNO5PS/c1-12-8-10-13(11-9-12)25(20,21)18-16(24(19,22-2)23-3)14-6-4-5-7-15(14)17/h4-11,16,18H,1-3H3. The van der Waals surface area contributed by atoms with Gasteiger partial charge in [-0.1, -0.05) is 47.5 Å². The Bertz CT molecular complexity index is 878. The van der Waals surface area contributed by atoms with Gasteiger partial charge in [0.1, 0.15) is 0 Å². The molecule has 0 aliphatic carbocycles. The van der Waals surface area contributed by atoms with Gasteiger partial charge in [-0.2, -0.15) is 4.72 Å². The summed E-state index contributed by atoms with van der Waals surface area (Å²) < 4.78 is 50.8. The van der Waals surface area contributed by atoms with Crippen molar-refractivity contribution in [2.75, 3.05) is 14.2 Å². The molecule has 0 aromatic heterocycles. The smallest absolute Gasteiger partial charge is 0.311 e. The van der Waals surface area contributed by atoms with Gasteiger partial charge in [0, 0.05) is 24.8 Å². The maximum atomic E-state index is 12.9. The Labute approximate surface area is 152 Å². The van der Waals surface area contributed by atoms with Gasteiger partial charge in [0.15, 0.2) is 5.78 Å². The Morgan fingerprint density at radius 3 is 2.12 bits per heavy atom. The number of nitrogens with one attached hydrogen (secondary N) is 1. The van der Waals surface area contributed by atoms with E-state index in [-0.39, 0.29) is 9.92 Å². The number of hydrogen-bond donors (Lipinski definition) is 1. The molecule has 0 spiro atoms. The molecule has 2 aromatic carbocycles. The third kappa shape index (κ3) is 4.50. The summed E-state index contributed by atoms with van der Waals surface area (Å²) in [6.45, 7) is 1.85. The summed E-state index contributed by atoms with van der Waals surface area (Å²) in [4.78, 5) is 0.0360. The summed E-state index contributed by atoms with van der Waals surface area (Å²) in [6.07, 6.45) is 0. The van der Waals surface area contributed by atoms with Gasteiger partial charge in [-0.05, 0) is 25.1 Å². The van der Waals surface area contributed by atoms with Crippen LogP contribution in [0.3, 0.4) is 0 Å². The number of sulfonamides is 1. The molecule has 0 bridgehead atoms. The normalized spacial score (nSPS) is 13.6. The molecule has 1 unspecified atom stereocenters. The van der Waals surface area contributed by atoms with E-state index in [2.05, 4.69) is 4.72 Å². The second kappa shape index (κ2) is 7.99. The largest absolute Gasteiger partial charge is 0.352 e. The molecular formula is C16H19ClNO5PS. The van der Waals surface area contributed by atoms with Crippen LogP contribution in [0.5, 0.6) is 0 Å². The van der Waals surface area contributed by atoms with Crippen LogP contribution in [0.1, 0.15) is 16.9 Å². The van der Waals surface area contributed by atoms with Crippen molar-refractivity contribution in [3.63, 3.8) is 0 Å². The first-order valence-corrected chi connectivity index (χ1v) is 10.8. The molecule has 0 radical (unpaired) electrons. The van der Waals surface area contributed by atoms with Crippen LogP contribution in [0.15, 0.2) is 53.4 Å². The third-order valence-electron chi connectivity index (χ3n) is 3.62. The highest BCUT2D eigenvalue weighted by molar-refractivity contribution is 7.89. The number of halogens is 1. The first kappa shape index (κ1) is 20.1. The molecule has 0 fully saturated rings. The molecule has 2 rings (SSSR count). The quantitative estimate of drug-likeness (QED) is 0.703. The lowest BCUT2D eigenvalue weighted by atomic mass is 10.2. The topological polar surface area (TPSA) is 81.7 Å². The van der Waals surface area contributed by atoms with Crippen LogP contribution in [0.2, 0.25) is 5.02 Å². The molecule has 0 heterocycles. The zero-order valence-electron chi connectivity index (χ0n) is 14.0. The lowest BCUT2D eigenvalue weighted by Gasteiger charge is -2.26. The maximum absolute atomic E-state index is 12.9.